The average molecular weight is 464 g/mol. The van der Waals surface area contributed by atoms with Crippen molar-refractivity contribution in [2.45, 2.75) is 50.6 Å². The number of carbonyl (C=O) groups excluding carboxylic acids is 1. The fourth-order valence-corrected chi connectivity index (χ4v) is 6.35. The van der Waals surface area contributed by atoms with Crippen molar-refractivity contribution < 1.29 is 26.4 Å². The standard InChI is InChI=1S/C19H24F3N3O3S2/c1-3-8-25-16-10-13(19(20,21)22)5-6-15(16)23-18(25)29-11-17(26)24(4-2)14-7-9-30(27,28)12-14/h5-6,10,14H,3-4,7-9,11-12H2,1-2H3. The molecular formula is C19H24F3N3O3S2. The number of imidazole rings is 1. The van der Waals surface area contributed by atoms with Gasteiger partial charge >= 0.3 is 6.18 Å². The van der Waals surface area contributed by atoms with Crippen molar-refractivity contribution in [2.75, 3.05) is 23.8 Å². The number of aryl methyl sites for hydroxylation is 1. The third-order valence-corrected chi connectivity index (χ3v) is 7.83. The van der Waals surface area contributed by atoms with Crippen LogP contribution in [0.15, 0.2) is 23.4 Å². The summed E-state index contributed by atoms with van der Waals surface area (Å²) in [5, 5.41) is 0.481. The van der Waals surface area contributed by atoms with Gasteiger partial charge in [-0.15, -0.1) is 0 Å². The minimum atomic E-state index is -4.44. The quantitative estimate of drug-likeness (QED) is 0.587. The van der Waals surface area contributed by atoms with Crippen molar-refractivity contribution in [1.29, 1.82) is 0 Å². The zero-order valence-corrected chi connectivity index (χ0v) is 18.4. The van der Waals surface area contributed by atoms with E-state index in [1.165, 1.54) is 17.8 Å². The molecule has 1 saturated heterocycles. The van der Waals surface area contributed by atoms with E-state index in [0.29, 0.717) is 42.1 Å². The summed E-state index contributed by atoms with van der Waals surface area (Å²) in [6.45, 7) is 4.60. The van der Waals surface area contributed by atoms with E-state index in [1.54, 1.807) is 16.4 Å². The van der Waals surface area contributed by atoms with Gasteiger partial charge < -0.3 is 9.47 Å². The minimum absolute atomic E-state index is 0.0220. The molecule has 1 atom stereocenters. The SMILES string of the molecule is CCCn1c(SCC(=O)N(CC)C2CCS(=O)(=O)C2)nc2ccc(C(F)(F)F)cc21. The van der Waals surface area contributed by atoms with Crippen molar-refractivity contribution >= 4 is 38.5 Å². The lowest BCUT2D eigenvalue weighted by Crippen LogP contribution is -2.42. The molecule has 166 valence electrons. The lowest BCUT2D eigenvalue weighted by molar-refractivity contribution is -0.137. The van der Waals surface area contributed by atoms with Crippen LogP contribution in [0, 0.1) is 0 Å². The van der Waals surface area contributed by atoms with Gasteiger partial charge in [0.15, 0.2) is 15.0 Å². The maximum Gasteiger partial charge on any atom is 0.416 e. The normalized spacial score (nSPS) is 18.8. The van der Waals surface area contributed by atoms with E-state index in [0.717, 1.165) is 12.1 Å². The number of aromatic nitrogens is 2. The number of amides is 1. The van der Waals surface area contributed by atoms with E-state index in [-0.39, 0.29) is 29.2 Å². The third-order valence-electron chi connectivity index (χ3n) is 5.12. The molecular weight excluding hydrogens is 439 g/mol. The molecule has 1 aromatic heterocycles. The van der Waals surface area contributed by atoms with Crippen LogP contribution in [0.2, 0.25) is 0 Å². The first-order valence-corrected chi connectivity index (χ1v) is 12.6. The van der Waals surface area contributed by atoms with Crippen molar-refractivity contribution in [3.05, 3.63) is 23.8 Å². The lowest BCUT2D eigenvalue weighted by atomic mass is 10.2. The van der Waals surface area contributed by atoms with E-state index in [1.807, 2.05) is 6.92 Å². The highest BCUT2D eigenvalue weighted by Crippen LogP contribution is 2.33. The molecule has 0 aliphatic carbocycles. The number of hydrogen-bond donors (Lipinski definition) is 0. The van der Waals surface area contributed by atoms with E-state index in [2.05, 4.69) is 4.98 Å². The van der Waals surface area contributed by atoms with Crippen molar-refractivity contribution in [3.63, 3.8) is 0 Å². The number of halogens is 3. The number of benzene rings is 1. The molecule has 0 saturated carbocycles. The lowest BCUT2D eigenvalue weighted by Gasteiger charge is -2.26. The summed E-state index contributed by atoms with van der Waals surface area (Å²) in [7, 11) is -3.11. The summed E-state index contributed by atoms with van der Waals surface area (Å²) in [6, 6.07) is 3.12. The van der Waals surface area contributed by atoms with Gasteiger partial charge in [0.05, 0.1) is 33.9 Å². The Morgan fingerprint density at radius 1 is 1.33 bits per heavy atom. The number of alkyl halides is 3. The molecule has 1 aliphatic rings. The Balaban J connectivity index is 1.81. The molecule has 0 radical (unpaired) electrons. The Bertz CT molecular complexity index is 1030. The second-order valence-corrected chi connectivity index (χ2v) is 10.4. The van der Waals surface area contributed by atoms with Gasteiger partial charge in [-0.2, -0.15) is 13.2 Å². The van der Waals surface area contributed by atoms with Gasteiger partial charge in [0.25, 0.3) is 0 Å². The van der Waals surface area contributed by atoms with Crippen molar-refractivity contribution in [2.24, 2.45) is 0 Å². The molecule has 1 amide bonds. The summed E-state index contributed by atoms with van der Waals surface area (Å²) < 4.78 is 64.5. The van der Waals surface area contributed by atoms with Gasteiger partial charge in [0.1, 0.15) is 0 Å². The molecule has 1 fully saturated rings. The van der Waals surface area contributed by atoms with Gasteiger partial charge in [0.2, 0.25) is 5.91 Å². The van der Waals surface area contributed by atoms with E-state index >= 15 is 0 Å². The fourth-order valence-electron chi connectivity index (χ4n) is 3.70. The molecule has 2 heterocycles. The first kappa shape index (κ1) is 22.9. The average Bonchev–Trinajstić information content (AvgIpc) is 3.19. The van der Waals surface area contributed by atoms with Crippen LogP contribution >= 0.6 is 11.8 Å². The predicted octanol–water partition coefficient (Wildman–Crippen LogP) is 3.59. The van der Waals surface area contributed by atoms with Crippen LogP contribution in [-0.4, -0.2) is 58.6 Å². The Kier molecular flexibility index (Phi) is 6.71. The predicted molar refractivity (Wildman–Crippen MR) is 110 cm³/mol. The van der Waals surface area contributed by atoms with E-state index in [9.17, 15) is 26.4 Å². The zero-order chi connectivity index (χ0) is 22.1. The van der Waals surface area contributed by atoms with Gasteiger partial charge in [-0.1, -0.05) is 18.7 Å². The third kappa shape index (κ3) is 4.93. The molecule has 30 heavy (non-hydrogen) atoms. The monoisotopic (exact) mass is 463 g/mol. The number of nitrogens with zero attached hydrogens (tertiary/aromatic N) is 3. The molecule has 2 aromatic rings. The second-order valence-electron chi connectivity index (χ2n) is 7.27. The molecule has 1 aromatic carbocycles. The summed E-state index contributed by atoms with van der Waals surface area (Å²) in [4.78, 5) is 18.7. The van der Waals surface area contributed by atoms with Gasteiger partial charge in [-0.25, -0.2) is 13.4 Å². The summed E-state index contributed by atoms with van der Waals surface area (Å²) >= 11 is 1.17. The van der Waals surface area contributed by atoms with Crippen molar-refractivity contribution in [3.8, 4) is 0 Å². The van der Waals surface area contributed by atoms with Gasteiger partial charge in [-0.3, -0.25) is 4.79 Å². The van der Waals surface area contributed by atoms with Crippen LogP contribution in [0.1, 0.15) is 32.3 Å². The van der Waals surface area contributed by atoms with Crippen LogP contribution in [0.5, 0.6) is 0 Å². The first-order chi connectivity index (χ1) is 14.1. The van der Waals surface area contributed by atoms with Crippen LogP contribution in [0.3, 0.4) is 0 Å². The molecule has 3 rings (SSSR count). The molecule has 11 heteroatoms. The Hall–Kier alpha value is -1.75. The first-order valence-electron chi connectivity index (χ1n) is 9.76. The minimum Gasteiger partial charge on any atom is -0.338 e. The zero-order valence-electron chi connectivity index (χ0n) is 16.8. The molecule has 1 unspecified atom stereocenters. The van der Waals surface area contributed by atoms with Crippen LogP contribution in [0.4, 0.5) is 13.2 Å². The maximum absolute atomic E-state index is 13.1. The van der Waals surface area contributed by atoms with E-state index in [4.69, 9.17) is 0 Å². The number of carbonyl (C=O) groups is 1. The Morgan fingerprint density at radius 3 is 2.63 bits per heavy atom. The molecule has 6 nitrogen and oxygen atoms in total. The van der Waals surface area contributed by atoms with Crippen molar-refractivity contribution in [1.82, 2.24) is 14.5 Å². The highest BCUT2D eigenvalue weighted by Gasteiger charge is 2.34. The largest absolute Gasteiger partial charge is 0.416 e. The van der Waals surface area contributed by atoms with Gasteiger partial charge in [0, 0.05) is 19.1 Å². The second kappa shape index (κ2) is 8.78. The van der Waals surface area contributed by atoms with Crippen LogP contribution < -0.4 is 0 Å². The smallest absolute Gasteiger partial charge is 0.338 e. The van der Waals surface area contributed by atoms with Gasteiger partial charge in [-0.05, 0) is 38.0 Å². The highest BCUT2D eigenvalue weighted by atomic mass is 32.2. The van der Waals surface area contributed by atoms with Crippen LogP contribution in [-0.2, 0) is 27.4 Å². The number of sulfone groups is 1. The summed E-state index contributed by atoms with van der Waals surface area (Å²) in [5.74, 6) is -0.0895. The van der Waals surface area contributed by atoms with Crippen LogP contribution in [0.25, 0.3) is 11.0 Å². The topological polar surface area (TPSA) is 72.3 Å². The molecule has 0 spiro atoms. The maximum atomic E-state index is 13.1. The fraction of sp³-hybridized carbons (Fsp3) is 0.579. The molecule has 1 aliphatic heterocycles. The number of rotatable bonds is 7. The summed E-state index contributed by atoms with van der Waals surface area (Å²) in [5.41, 5.74) is 0.0935. The highest BCUT2D eigenvalue weighted by molar-refractivity contribution is 7.99. The number of fused-ring (bicyclic) bond motifs is 1. The Labute approximate surface area is 177 Å². The van der Waals surface area contributed by atoms with E-state index < -0.39 is 21.6 Å². The summed E-state index contributed by atoms with van der Waals surface area (Å²) in [6.07, 6.45) is -3.31. The number of thioether (sulfide) groups is 1. The molecule has 0 bridgehead atoms. The molecule has 0 N–H and O–H groups in total. The number of hydrogen-bond acceptors (Lipinski definition) is 5. The Morgan fingerprint density at radius 2 is 2.07 bits per heavy atom.